The highest BCUT2D eigenvalue weighted by atomic mass is 35.5. The molecule has 4 rings (SSSR count). The molecule has 3 aromatic carbocycles. The summed E-state index contributed by atoms with van der Waals surface area (Å²) in [4.78, 5) is 46.8. The van der Waals surface area contributed by atoms with Crippen LogP contribution < -0.4 is 9.04 Å². The molecular formula is C40H43ClFN3O10S. The second kappa shape index (κ2) is 18.6. The molecule has 0 aliphatic carbocycles. The fourth-order valence-corrected chi connectivity index (χ4v) is 5.70. The van der Waals surface area contributed by atoms with Crippen molar-refractivity contribution in [2.45, 2.75) is 64.3 Å². The summed E-state index contributed by atoms with van der Waals surface area (Å²) in [5, 5.41) is 21.8. The predicted octanol–water partition coefficient (Wildman–Crippen LogP) is 6.10. The zero-order valence-electron chi connectivity index (χ0n) is 31.6. The fourth-order valence-electron chi connectivity index (χ4n) is 5.20. The average Bonchev–Trinajstić information content (AvgIpc) is 3.13. The summed E-state index contributed by atoms with van der Waals surface area (Å²) in [7, 11) is -2.41. The van der Waals surface area contributed by atoms with Crippen molar-refractivity contribution in [3.8, 4) is 17.0 Å². The number of benzene rings is 3. The van der Waals surface area contributed by atoms with E-state index in [2.05, 4.69) is 9.97 Å². The molecule has 298 valence electrons. The molecule has 0 amide bonds. The number of anilines is 1. The molecule has 1 heterocycles. The van der Waals surface area contributed by atoms with Crippen molar-refractivity contribution in [2.24, 2.45) is 0 Å². The van der Waals surface area contributed by atoms with Crippen LogP contribution in [0.15, 0.2) is 78.9 Å². The number of halogens is 2. The van der Waals surface area contributed by atoms with E-state index in [0.717, 1.165) is 10.6 Å². The van der Waals surface area contributed by atoms with E-state index in [9.17, 15) is 37.4 Å². The van der Waals surface area contributed by atoms with Crippen LogP contribution in [0.25, 0.3) is 17.3 Å². The normalized spacial score (nSPS) is 13.0. The summed E-state index contributed by atoms with van der Waals surface area (Å²) in [6.07, 6.45) is 0.461. The van der Waals surface area contributed by atoms with E-state index in [0.29, 0.717) is 33.0 Å². The highest BCUT2D eigenvalue weighted by molar-refractivity contribution is 7.92. The molecule has 0 bridgehead atoms. The van der Waals surface area contributed by atoms with Crippen LogP contribution in [-0.4, -0.2) is 84.2 Å². The number of aliphatic hydroxyl groups excluding tert-OH is 2. The van der Waals surface area contributed by atoms with E-state index in [1.54, 1.807) is 36.4 Å². The number of aromatic nitrogens is 2. The number of sulfonamides is 1. The lowest BCUT2D eigenvalue weighted by Crippen LogP contribution is -2.40. The average molecular weight is 812 g/mol. The number of carbonyl (C=O) groups excluding carboxylic acids is 3. The monoisotopic (exact) mass is 811 g/mol. The van der Waals surface area contributed by atoms with Crippen molar-refractivity contribution in [2.75, 3.05) is 24.4 Å². The summed E-state index contributed by atoms with van der Waals surface area (Å²) >= 11 is 5.90. The Hall–Kier alpha value is -5.22. The second-order valence-electron chi connectivity index (χ2n) is 13.6. The number of ketones is 1. The maximum atomic E-state index is 13.8. The Morgan fingerprint density at radius 1 is 0.929 bits per heavy atom. The van der Waals surface area contributed by atoms with Crippen LogP contribution in [-0.2, 0) is 29.1 Å². The summed E-state index contributed by atoms with van der Waals surface area (Å²) in [5.41, 5.74) is 0.964. The Morgan fingerprint density at radius 3 is 2.09 bits per heavy atom. The molecule has 0 saturated carbocycles. The third-order valence-electron chi connectivity index (χ3n) is 8.31. The number of hydrogen-bond donors (Lipinski definition) is 2. The molecule has 0 fully saturated rings. The van der Waals surface area contributed by atoms with Gasteiger partial charge in [-0.25, -0.2) is 31.9 Å². The number of esters is 2. The standard InChI is InChI=1S/C40H43ClFN3O10S/c1-24(2)35-33(36(25-9-15-29(42)16-10-25)44-39(43-35)45(5)56(6,51)52)20-17-30(46)21-31(47)22-34(48)53-23-54-38(50)40(3,4)55-32-18-11-27(12-19-32)37(49)26-7-13-28(41)14-8-26/h7-20,24,30-31,46-47H,21-23H2,1-6H3/t30-,31+/m0/s1. The van der Waals surface area contributed by atoms with Crippen molar-refractivity contribution in [1.29, 1.82) is 0 Å². The topological polar surface area (TPSA) is 183 Å². The van der Waals surface area contributed by atoms with Crippen molar-refractivity contribution in [3.05, 3.63) is 112 Å². The van der Waals surface area contributed by atoms with Crippen molar-refractivity contribution in [3.63, 3.8) is 0 Å². The fraction of sp³-hybridized carbons (Fsp3) is 0.325. The number of ether oxygens (including phenoxy) is 3. The van der Waals surface area contributed by atoms with E-state index >= 15 is 0 Å². The smallest absolute Gasteiger partial charge is 0.352 e. The van der Waals surface area contributed by atoms with Crippen LogP contribution in [0.5, 0.6) is 5.75 Å². The minimum absolute atomic E-state index is 0.0981. The lowest BCUT2D eigenvalue weighted by molar-refractivity contribution is -0.178. The third kappa shape index (κ3) is 11.9. The minimum atomic E-state index is -3.72. The van der Waals surface area contributed by atoms with Gasteiger partial charge in [-0.1, -0.05) is 37.6 Å². The zero-order valence-corrected chi connectivity index (χ0v) is 33.2. The summed E-state index contributed by atoms with van der Waals surface area (Å²) in [6, 6.07) is 18.0. The molecule has 2 N–H and O–H groups in total. The van der Waals surface area contributed by atoms with E-state index in [1.807, 2.05) is 13.8 Å². The molecule has 0 radical (unpaired) electrons. The molecule has 0 saturated heterocycles. The largest absolute Gasteiger partial charge is 0.476 e. The van der Waals surface area contributed by atoms with E-state index in [1.165, 1.54) is 69.4 Å². The van der Waals surface area contributed by atoms with Gasteiger partial charge < -0.3 is 24.4 Å². The molecule has 2 atom stereocenters. The van der Waals surface area contributed by atoms with E-state index in [4.69, 9.17) is 25.8 Å². The minimum Gasteiger partial charge on any atom is -0.476 e. The van der Waals surface area contributed by atoms with Gasteiger partial charge in [0.1, 0.15) is 11.6 Å². The first-order valence-corrected chi connectivity index (χ1v) is 19.6. The summed E-state index contributed by atoms with van der Waals surface area (Å²) in [5.74, 6) is -2.52. The quantitative estimate of drug-likeness (QED) is 0.0711. The first-order chi connectivity index (χ1) is 26.2. The third-order valence-corrected chi connectivity index (χ3v) is 9.72. The van der Waals surface area contributed by atoms with Gasteiger partial charge in [0.2, 0.25) is 22.8 Å². The number of carbonyl (C=O) groups is 3. The Kier molecular flexibility index (Phi) is 14.5. The van der Waals surface area contributed by atoms with Gasteiger partial charge in [0.15, 0.2) is 11.4 Å². The van der Waals surface area contributed by atoms with Gasteiger partial charge in [0, 0.05) is 40.7 Å². The Balaban J connectivity index is 1.32. The van der Waals surface area contributed by atoms with Crippen LogP contribution in [0.4, 0.5) is 10.3 Å². The van der Waals surface area contributed by atoms with Crippen molar-refractivity contribution in [1.82, 2.24) is 9.97 Å². The molecule has 1 aromatic heterocycles. The Morgan fingerprint density at radius 2 is 1.52 bits per heavy atom. The Labute approximate surface area is 329 Å². The first kappa shape index (κ1) is 43.5. The molecule has 0 aliphatic rings. The number of aliphatic hydroxyl groups is 2. The van der Waals surface area contributed by atoms with Crippen LogP contribution in [0.1, 0.15) is 73.6 Å². The highest BCUT2D eigenvalue weighted by Crippen LogP contribution is 2.32. The molecule has 0 unspecified atom stereocenters. The van der Waals surface area contributed by atoms with Gasteiger partial charge in [-0.15, -0.1) is 0 Å². The highest BCUT2D eigenvalue weighted by Gasteiger charge is 2.32. The zero-order chi connectivity index (χ0) is 41.4. The molecule has 56 heavy (non-hydrogen) atoms. The van der Waals surface area contributed by atoms with Crippen LogP contribution in [0.3, 0.4) is 0 Å². The molecule has 4 aromatic rings. The SMILES string of the molecule is CC(C)c1nc(N(C)S(C)(=O)=O)nc(-c2ccc(F)cc2)c1C=C[C@H](O)C[C@@H](O)CC(=O)OCOC(=O)C(C)(C)Oc1ccc(C(=O)c2ccc(Cl)cc2)cc1. The molecule has 0 aliphatic heterocycles. The van der Waals surface area contributed by atoms with Gasteiger partial charge >= 0.3 is 11.9 Å². The predicted molar refractivity (Wildman–Crippen MR) is 208 cm³/mol. The molecule has 0 spiro atoms. The maximum Gasteiger partial charge on any atom is 0.352 e. The number of hydrogen-bond acceptors (Lipinski definition) is 12. The number of rotatable bonds is 17. The molecule has 16 heteroatoms. The first-order valence-electron chi connectivity index (χ1n) is 17.3. The van der Waals surface area contributed by atoms with Crippen molar-refractivity contribution >= 4 is 51.4 Å². The summed E-state index contributed by atoms with van der Waals surface area (Å²) in [6.45, 7) is 5.81. The van der Waals surface area contributed by atoms with Gasteiger partial charge in [-0.05, 0) is 92.6 Å². The summed E-state index contributed by atoms with van der Waals surface area (Å²) < 4.78 is 55.1. The van der Waals surface area contributed by atoms with Crippen molar-refractivity contribution < 1.29 is 51.6 Å². The number of nitrogens with zero attached hydrogens (tertiary/aromatic N) is 3. The maximum absolute atomic E-state index is 13.8. The van der Waals surface area contributed by atoms with E-state index < -0.39 is 58.8 Å². The Bertz CT molecular complexity index is 2160. The van der Waals surface area contributed by atoms with Gasteiger partial charge in [0.05, 0.1) is 36.3 Å². The lowest BCUT2D eigenvalue weighted by Gasteiger charge is -2.24. The van der Waals surface area contributed by atoms with Crippen LogP contribution in [0, 0.1) is 5.82 Å². The van der Waals surface area contributed by atoms with E-state index in [-0.39, 0.29) is 35.5 Å². The lowest BCUT2D eigenvalue weighted by atomic mass is 9.97. The van der Waals surface area contributed by atoms with Crippen LogP contribution in [0.2, 0.25) is 5.02 Å². The van der Waals surface area contributed by atoms with Gasteiger partial charge in [-0.2, -0.15) is 0 Å². The van der Waals surface area contributed by atoms with Gasteiger partial charge in [-0.3, -0.25) is 9.59 Å². The molecular weight excluding hydrogens is 769 g/mol. The molecule has 13 nitrogen and oxygen atoms in total. The second-order valence-corrected chi connectivity index (χ2v) is 16.1. The van der Waals surface area contributed by atoms with Gasteiger partial charge in [0.25, 0.3) is 0 Å². The van der Waals surface area contributed by atoms with Crippen LogP contribution >= 0.6 is 11.6 Å².